The second-order valence-electron chi connectivity index (χ2n) is 5.51. The number of hydrogen-bond donors (Lipinski definition) is 3. The molecule has 124 valence electrons. The normalized spacial score (nSPS) is 12.0. The Morgan fingerprint density at radius 3 is 2.55 bits per heavy atom. The van der Waals surface area contributed by atoms with Crippen LogP contribution in [0.4, 0.5) is 10.5 Å². The molecule has 0 aliphatic heterocycles. The van der Waals surface area contributed by atoms with Crippen LogP contribution in [0.15, 0.2) is 23.1 Å². The van der Waals surface area contributed by atoms with E-state index >= 15 is 0 Å². The van der Waals surface area contributed by atoms with Gasteiger partial charge >= 0.3 is 6.09 Å². The SMILES string of the molecule is CC(C)(C)OC(=O)NCCNS(=O)(=O)c1cc(Cl)ccc1N. The molecule has 0 aliphatic carbocycles. The van der Waals surface area contributed by atoms with Crippen molar-refractivity contribution in [2.75, 3.05) is 18.8 Å². The lowest BCUT2D eigenvalue weighted by atomic mass is 10.2. The molecule has 0 bridgehead atoms. The summed E-state index contributed by atoms with van der Waals surface area (Å²) in [5.74, 6) is 0. The first kappa shape index (κ1) is 18.5. The number of amides is 1. The first-order valence-electron chi connectivity index (χ1n) is 6.53. The van der Waals surface area contributed by atoms with E-state index in [1.54, 1.807) is 20.8 Å². The van der Waals surface area contributed by atoms with Crippen molar-refractivity contribution in [1.29, 1.82) is 0 Å². The second-order valence-corrected chi connectivity index (χ2v) is 7.68. The first-order valence-corrected chi connectivity index (χ1v) is 8.39. The smallest absolute Gasteiger partial charge is 0.407 e. The summed E-state index contributed by atoms with van der Waals surface area (Å²) < 4.78 is 31.5. The Morgan fingerprint density at radius 2 is 1.95 bits per heavy atom. The molecule has 22 heavy (non-hydrogen) atoms. The minimum atomic E-state index is -3.80. The maximum absolute atomic E-state index is 12.1. The number of benzene rings is 1. The van der Waals surface area contributed by atoms with Crippen molar-refractivity contribution in [1.82, 2.24) is 10.0 Å². The van der Waals surface area contributed by atoms with Gasteiger partial charge in [0.1, 0.15) is 10.5 Å². The summed E-state index contributed by atoms with van der Waals surface area (Å²) in [6.07, 6.45) is -0.617. The second kappa shape index (κ2) is 7.17. The van der Waals surface area contributed by atoms with Crippen LogP contribution in [0.2, 0.25) is 5.02 Å². The van der Waals surface area contributed by atoms with Crippen molar-refractivity contribution in [3.63, 3.8) is 0 Å². The fraction of sp³-hybridized carbons (Fsp3) is 0.462. The quantitative estimate of drug-likeness (QED) is 0.553. The van der Waals surface area contributed by atoms with Crippen molar-refractivity contribution >= 4 is 33.4 Å². The van der Waals surface area contributed by atoms with E-state index in [0.29, 0.717) is 0 Å². The molecule has 1 aromatic rings. The number of carbonyl (C=O) groups excluding carboxylic acids is 1. The number of halogens is 1. The van der Waals surface area contributed by atoms with E-state index in [1.165, 1.54) is 18.2 Å². The van der Waals surface area contributed by atoms with E-state index in [9.17, 15) is 13.2 Å². The van der Waals surface area contributed by atoms with E-state index in [0.717, 1.165) is 0 Å². The number of carbonyl (C=O) groups is 1. The zero-order valence-electron chi connectivity index (χ0n) is 12.6. The Balaban J connectivity index is 2.54. The molecular weight excluding hydrogens is 330 g/mol. The standard InChI is InChI=1S/C13H20ClN3O4S/c1-13(2,3)21-12(18)16-6-7-17-22(19,20)11-8-9(14)4-5-10(11)15/h4-5,8,17H,6-7,15H2,1-3H3,(H,16,18). The number of alkyl carbamates (subject to hydrolysis) is 1. The third-order valence-corrected chi connectivity index (χ3v) is 4.10. The van der Waals surface area contributed by atoms with Gasteiger partial charge in [0.15, 0.2) is 0 Å². The van der Waals surface area contributed by atoms with Gasteiger partial charge in [0, 0.05) is 18.1 Å². The highest BCUT2D eigenvalue weighted by molar-refractivity contribution is 7.89. The first-order chi connectivity index (χ1) is 10.0. The Hall–Kier alpha value is -1.51. The zero-order valence-corrected chi connectivity index (χ0v) is 14.2. The molecule has 1 amide bonds. The minimum Gasteiger partial charge on any atom is -0.444 e. The molecule has 9 heteroatoms. The third kappa shape index (κ3) is 6.08. The Kier molecular flexibility index (Phi) is 6.04. The van der Waals surface area contributed by atoms with Gasteiger partial charge in [0.2, 0.25) is 10.0 Å². The van der Waals surface area contributed by atoms with E-state index in [2.05, 4.69) is 10.0 Å². The Bertz CT molecular complexity index is 641. The fourth-order valence-corrected chi connectivity index (χ4v) is 2.91. The third-order valence-electron chi connectivity index (χ3n) is 2.35. The number of ether oxygens (including phenoxy) is 1. The van der Waals surface area contributed by atoms with Crippen LogP contribution in [-0.2, 0) is 14.8 Å². The minimum absolute atomic E-state index is 0.00642. The molecule has 1 aromatic carbocycles. The molecule has 0 radical (unpaired) electrons. The maximum atomic E-state index is 12.1. The maximum Gasteiger partial charge on any atom is 0.407 e. The summed E-state index contributed by atoms with van der Waals surface area (Å²) >= 11 is 5.77. The van der Waals surface area contributed by atoms with Crippen LogP contribution in [0.1, 0.15) is 20.8 Å². The molecule has 4 N–H and O–H groups in total. The average Bonchev–Trinajstić information content (AvgIpc) is 2.35. The largest absolute Gasteiger partial charge is 0.444 e. The number of hydrogen-bond acceptors (Lipinski definition) is 5. The molecule has 0 unspecified atom stereocenters. The molecule has 0 saturated carbocycles. The Labute approximate surface area is 135 Å². The molecule has 0 atom stereocenters. The van der Waals surface area contributed by atoms with Crippen LogP contribution in [0, 0.1) is 0 Å². The van der Waals surface area contributed by atoms with E-state index in [-0.39, 0.29) is 28.7 Å². The Morgan fingerprint density at radius 1 is 1.32 bits per heavy atom. The summed E-state index contributed by atoms with van der Waals surface area (Å²) in [5.41, 5.74) is 5.11. The monoisotopic (exact) mass is 349 g/mol. The van der Waals surface area contributed by atoms with Gasteiger partial charge < -0.3 is 15.8 Å². The van der Waals surface area contributed by atoms with Gasteiger partial charge in [0.05, 0.1) is 5.69 Å². The summed E-state index contributed by atoms with van der Waals surface area (Å²) in [4.78, 5) is 11.3. The fourth-order valence-electron chi connectivity index (χ4n) is 1.48. The lowest BCUT2D eigenvalue weighted by molar-refractivity contribution is 0.0529. The number of sulfonamides is 1. The summed E-state index contributed by atoms with van der Waals surface area (Å²) in [5, 5.41) is 2.71. The van der Waals surface area contributed by atoms with Gasteiger partial charge in [-0.2, -0.15) is 0 Å². The number of nitrogens with one attached hydrogen (secondary N) is 2. The molecule has 0 aliphatic rings. The van der Waals surface area contributed by atoms with Crippen LogP contribution in [0.3, 0.4) is 0 Å². The highest BCUT2D eigenvalue weighted by Crippen LogP contribution is 2.22. The predicted molar refractivity (Wildman–Crippen MR) is 85.3 cm³/mol. The van der Waals surface area contributed by atoms with Gasteiger partial charge in [-0.3, -0.25) is 0 Å². The highest BCUT2D eigenvalue weighted by atomic mass is 35.5. The average molecular weight is 350 g/mol. The molecule has 7 nitrogen and oxygen atoms in total. The van der Waals surface area contributed by atoms with E-state index in [4.69, 9.17) is 22.1 Å². The molecule has 0 saturated heterocycles. The van der Waals surface area contributed by atoms with Crippen molar-refractivity contribution in [2.45, 2.75) is 31.3 Å². The summed E-state index contributed by atoms with van der Waals surface area (Å²) in [6, 6.07) is 4.18. The van der Waals surface area contributed by atoms with Gasteiger partial charge in [-0.1, -0.05) is 11.6 Å². The number of nitrogens with two attached hydrogens (primary N) is 1. The lowest BCUT2D eigenvalue weighted by Crippen LogP contribution is -2.38. The molecule has 0 spiro atoms. The highest BCUT2D eigenvalue weighted by Gasteiger charge is 2.18. The lowest BCUT2D eigenvalue weighted by Gasteiger charge is -2.19. The summed E-state index contributed by atoms with van der Waals surface area (Å²) in [7, 11) is -3.80. The van der Waals surface area contributed by atoms with E-state index in [1.807, 2.05) is 0 Å². The van der Waals surface area contributed by atoms with Gasteiger partial charge in [0.25, 0.3) is 0 Å². The molecule has 1 rings (SSSR count). The van der Waals surface area contributed by atoms with Crippen molar-refractivity contribution in [2.24, 2.45) is 0 Å². The van der Waals surface area contributed by atoms with Crippen LogP contribution in [0.25, 0.3) is 0 Å². The number of anilines is 1. The van der Waals surface area contributed by atoms with Gasteiger partial charge in [-0.25, -0.2) is 17.9 Å². The molecule has 0 fully saturated rings. The van der Waals surface area contributed by atoms with Crippen LogP contribution in [0.5, 0.6) is 0 Å². The zero-order chi connectivity index (χ0) is 17.0. The van der Waals surface area contributed by atoms with Crippen molar-refractivity contribution < 1.29 is 17.9 Å². The van der Waals surface area contributed by atoms with Crippen molar-refractivity contribution in [3.05, 3.63) is 23.2 Å². The van der Waals surface area contributed by atoms with Gasteiger partial charge in [-0.15, -0.1) is 0 Å². The van der Waals surface area contributed by atoms with Crippen LogP contribution in [-0.4, -0.2) is 33.2 Å². The number of nitrogen functional groups attached to an aromatic ring is 1. The van der Waals surface area contributed by atoms with Gasteiger partial charge in [-0.05, 0) is 39.0 Å². The molecular formula is C13H20ClN3O4S. The predicted octanol–water partition coefficient (Wildman–Crippen LogP) is 1.73. The van der Waals surface area contributed by atoms with Crippen LogP contribution >= 0.6 is 11.6 Å². The van der Waals surface area contributed by atoms with E-state index < -0.39 is 21.7 Å². The molecule has 0 aromatic heterocycles. The number of rotatable bonds is 5. The molecule has 0 heterocycles. The van der Waals surface area contributed by atoms with Crippen LogP contribution < -0.4 is 15.8 Å². The summed E-state index contributed by atoms with van der Waals surface area (Å²) in [6.45, 7) is 5.27. The topological polar surface area (TPSA) is 111 Å². The van der Waals surface area contributed by atoms with Crippen molar-refractivity contribution in [3.8, 4) is 0 Å².